The van der Waals surface area contributed by atoms with Gasteiger partial charge in [0.25, 0.3) is 0 Å². The van der Waals surface area contributed by atoms with Crippen LogP contribution in [0.5, 0.6) is 0 Å². The van der Waals surface area contributed by atoms with Gasteiger partial charge in [-0.1, -0.05) is 297 Å². The van der Waals surface area contributed by atoms with Gasteiger partial charge in [-0.2, -0.15) is 0 Å². The molecule has 0 fully saturated rings. The molecule has 0 spiro atoms. The largest absolute Gasteiger partial charge is 0.454 e. The second-order valence-corrected chi connectivity index (χ2v) is 40.6. The summed E-state index contributed by atoms with van der Waals surface area (Å²) < 4.78 is 23.5. The van der Waals surface area contributed by atoms with Gasteiger partial charge in [-0.3, -0.25) is 0 Å². The van der Waals surface area contributed by atoms with Crippen LogP contribution in [0.25, 0.3) is 143 Å². The van der Waals surface area contributed by atoms with E-state index in [-0.39, 0.29) is 0 Å². The van der Waals surface area contributed by atoms with E-state index in [4.69, 9.17) is 8.83 Å². The fraction of sp³-hybridized carbons (Fsp3) is 0. The highest BCUT2D eigenvalue weighted by Gasteiger charge is 2.29. The minimum atomic E-state index is 0.861. The first kappa shape index (κ1) is 89.7. The molecule has 0 aliphatic carbocycles. The van der Waals surface area contributed by atoms with E-state index in [1.54, 1.807) is 0 Å². The minimum absolute atomic E-state index is 0.861. The molecule has 6 heterocycles. The van der Waals surface area contributed by atoms with Gasteiger partial charge in [0, 0.05) is 179 Å². The zero-order valence-electron chi connectivity index (χ0n) is 81.4. The molecule has 23 aromatic carbocycles. The Morgan fingerprint density at radius 2 is 0.453 bits per heavy atom. The molecular weight excluding hydrogens is 1880 g/mol. The SMILES string of the molecule is c1ccc(-c2ccc(N(c3ccccc3)c3ccccc3)c3sc4ccc(N(c5ccccc5)c5ccc6c(c5)c5ccccc5n6-c5ccccc5)cc4c23)cc1.c1ccc(N(c2ccc3oc4c(N(c5ccccc5)c5ccccc5)cccc4c3c2)c2ccc3sc4ccccc4c3c2)cc1.c1ccc(N(c2ccccc2)c2ccc3oc4c(N(c5ccccc5)c5ccc6sc7ccccc7c6c5)cccc4c3c2)cc1. The van der Waals surface area contributed by atoms with Crippen LogP contribution in [0.4, 0.5) is 102 Å². The maximum atomic E-state index is 6.74. The summed E-state index contributed by atoms with van der Waals surface area (Å²) in [7, 11) is 0. The number of fused-ring (bicyclic) bond motifs is 18. The molecule has 0 saturated heterocycles. The third-order valence-corrected chi connectivity index (χ3v) is 31.9. The van der Waals surface area contributed by atoms with Gasteiger partial charge in [-0.25, -0.2) is 0 Å². The summed E-state index contributed by atoms with van der Waals surface area (Å²) in [6, 6.07) is 201. The van der Waals surface area contributed by atoms with Crippen LogP contribution in [0.3, 0.4) is 0 Å². The summed E-state index contributed by atoms with van der Waals surface area (Å²) in [6.45, 7) is 0. The zero-order valence-corrected chi connectivity index (χ0v) is 83.8. The van der Waals surface area contributed by atoms with Crippen molar-refractivity contribution in [3.05, 3.63) is 564 Å². The molecule has 12 heteroatoms. The average molecular weight is 1980 g/mol. The van der Waals surface area contributed by atoms with Crippen LogP contribution in [-0.4, -0.2) is 4.57 Å². The van der Waals surface area contributed by atoms with E-state index in [1.807, 2.05) is 46.1 Å². The molecule has 0 unspecified atom stereocenters. The lowest BCUT2D eigenvalue weighted by Gasteiger charge is -2.26. The predicted octanol–water partition coefficient (Wildman–Crippen LogP) is 41.5. The van der Waals surface area contributed by atoms with Gasteiger partial charge in [-0.05, 0) is 278 Å². The van der Waals surface area contributed by atoms with Crippen LogP contribution in [0.15, 0.2) is 573 Å². The summed E-state index contributed by atoms with van der Waals surface area (Å²) in [6.07, 6.45) is 0. The predicted molar refractivity (Wildman–Crippen MR) is 640 cm³/mol. The number of rotatable bonds is 20. The summed E-state index contributed by atoms with van der Waals surface area (Å²) in [4.78, 5) is 14.0. The number of anilines is 18. The van der Waals surface area contributed by atoms with Crippen molar-refractivity contribution in [1.82, 2.24) is 4.57 Å². The van der Waals surface area contributed by atoms with Crippen LogP contribution in [-0.2, 0) is 0 Å². The van der Waals surface area contributed by atoms with Gasteiger partial charge in [0.15, 0.2) is 11.2 Å². The molecule has 29 rings (SSSR count). The first-order chi connectivity index (χ1) is 74.4. The van der Waals surface area contributed by atoms with Crippen molar-refractivity contribution in [2.24, 2.45) is 0 Å². The number of furan rings is 2. The zero-order chi connectivity index (χ0) is 99.3. The molecule has 29 aromatic rings. The number of para-hydroxylation sites is 13. The van der Waals surface area contributed by atoms with Gasteiger partial charge in [0.1, 0.15) is 11.2 Å². The Hall–Kier alpha value is -19.1. The minimum Gasteiger partial charge on any atom is -0.454 e. The van der Waals surface area contributed by atoms with E-state index in [0.717, 1.165) is 152 Å². The molecule has 710 valence electrons. The first-order valence-corrected chi connectivity index (χ1v) is 53.0. The summed E-state index contributed by atoms with van der Waals surface area (Å²) in [5, 5.41) is 14.4. The second kappa shape index (κ2) is 39.1. The quantitative estimate of drug-likeness (QED) is 0.0748. The number of hydrogen-bond acceptors (Lipinski definition) is 11. The molecule has 0 aliphatic heterocycles. The molecule has 0 saturated carbocycles. The van der Waals surface area contributed by atoms with Gasteiger partial charge >= 0.3 is 0 Å². The third kappa shape index (κ3) is 16.6. The van der Waals surface area contributed by atoms with Crippen molar-refractivity contribution < 1.29 is 8.83 Å². The Bertz CT molecular complexity index is 9870. The Morgan fingerprint density at radius 1 is 0.167 bits per heavy atom. The second-order valence-electron chi connectivity index (χ2n) is 37.3. The van der Waals surface area contributed by atoms with Crippen molar-refractivity contribution in [3.8, 4) is 16.8 Å². The van der Waals surface area contributed by atoms with Crippen molar-refractivity contribution >= 4 is 263 Å². The van der Waals surface area contributed by atoms with Crippen molar-refractivity contribution in [3.63, 3.8) is 0 Å². The summed E-state index contributed by atoms with van der Waals surface area (Å²) in [5.41, 5.74) is 29.1. The molecule has 0 aliphatic rings. The molecular formula is C138H93N7O2S3. The van der Waals surface area contributed by atoms with Crippen molar-refractivity contribution in [2.75, 3.05) is 29.4 Å². The highest BCUT2D eigenvalue weighted by molar-refractivity contribution is 7.27. The summed E-state index contributed by atoms with van der Waals surface area (Å²) >= 11 is 5.55. The smallest absolute Gasteiger partial charge is 0.159 e. The van der Waals surface area contributed by atoms with Gasteiger partial charge < -0.3 is 42.8 Å². The standard InChI is InChI=1S/C54H37N3S.2C42H28N2OS/c1-6-18-38(19-7-1)45-32-34-51(56(40-22-10-3-11-23-40)41-24-12-4-13-25-41)54-53(45)48-37-44(31-35-52(48)58-54)55(39-20-8-2-9-21-39)43-30-33-50-47(36-43)46-28-16-17-29-49(46)57(50)42-26-14-5-15-27-42;1-4-13-29(14-5-1)43(33-24-26-41-37(28-33)34-19-10-11-22-40(34)46-41)32-23-25-39-36(27-32)35-20-12-21-38(42(35)45-39)44(30-15-6-2-7-16-30)31-17-8-3-9-18-31;1-4-13-29(14-5-1)43(30-15-6-2-7-16-30)32-23-25-39-36(27-32)35-20-12-21-38(42(35)45-39)44(31-17-8-3-9-18-31)33-24-26-41-37(28-33)34-19-10-11-22-40(34)46-41/h1-37H;2*1-28H. The molecule has 0 N–H and O–H groups in total. The fourth-order valence-corrected chi connectivity index (χ4v) is 25.1. The van der Waals surface area contributed by atoms with Crippen LogP contribution in [0.2, 0.25) is 0 Å². The monoisotopic (exact) mass is 1980 g/mol. The fourth-order valence-electron chi connectivity index (χ4n) is 21.7. The molecule has 6 aromatic heterocycles. The van der Waals surface area contributed by atoms with Crippen LogP contribution < -0.4 is 29.4 Å². The van der Waals surface area contributed by atoms with E-state index in [2.05, 4.69) is 586 Å². The third-order valence-electron chi connectivity index (χ3n) is 28.4. The Kier molecular flexibility index (Phi) is 23.4. The highest BCUT2D eigenvalue weighted by atomic mass is 32.1. The van der Waals surface area contributed by atoms with Gasteiger partial charge in [0.2, 0.25) is 0 Å². The molecule has 150 heavy (non-hydrogen) atoms. The molecule has 0 atom stereocenters. The lowest BCUT2D eigenvalue weighted by molar-refractivity contribution is 0.668. The van der Waals surface area contributed by atoms with Crippen molar-refractivity contribution in [2.45, 2.75) is 0 Å². The average Bonchev–Trinajstić information content (AvgIpc) is 1.53. The van der Waals surface area contributed by atoms with Crippen LogP contribution in [0, 0.1) is 0 Å². The number of thiophene rings is 3. The van der Waals surface area contributed by atoms with Gasteiger partial charge in [0.05, 0.1) is 32.8 Å². The van der Waals surface area contributed by atoms with E-state index >= 15 is 0 Å². The van der Waals surface area contributed by atoms with E-state index in [0.29, 0.717) is 0 Å². The van der Waals surface area contributed by atoms with Gasteiger partial charge in [-0.15, -0.1) is 34.0 Å². The molecule has 9 nitrogen and oxygen atoms in total. The lowest BCUT2D eigenvalue weighted by Crippen LogP contribution is -2.10. The Labute approximate surface area is 879 Å². The van der Waals surface area contributed by atoms with E-state index < -0.39 is 0 Å². The number of hydrogen-bond donors (Lipinski definition) is 0. The maximum Gasteiger partial charge on any atom is 0.159 e. The normalized spacial score (nSPS) is 11.5. The first-order valence-electron chi connectivity index (χ1n) is 50.6. The molecule has 0 amide bonds. The van der Waals surface area contributed by atoms with E-state index in [1.165, 1.54) is 93.4 Å². The molecule has 0 bridgehead atoms. The van der Waals surface area contributed by atoms with Crippen LogP contribution in [0.1, 0.15) is 0 Å². The lowest BCUT2D eigenvalue weighted by atomic mass is 9.98. The van der Waals surface area contributed by atoms with Crippen molar-refractivity contribution in [1.29, 1.82) is 0 Å². The highest BCUT2D eigenvalue weighted by Crippen LogP contribution is 2.54. The van der Waals surface area contributed by atoms with E-state index in [9.17, 15) is 0 Å². The summed E-state index contributed by atoms with van der Waals surface area (Å²) in [5.74, 6) is 0. The number of benzene rings is 23. The Balaban J connectivity index is 0.000000112. The maximum absolute atomic E-state index is 6.74. The topological polar surface area (TPSA) is 50.7 Å². The Morgan fingerprint density at radius 3 is 0.873 bits per heavy atom. The molecule has 0 radical (unpaired) electrons. The van der Waals surface area contributed by atoms with Crippen LogP contribution >= 0.6 is 34.0 Å². The number of aromatic nitrogens is 1. The number of nitrogens with zero attached hydrogens (tertiary/aromatic N) is 7.